The van der Waals surface area contributed by atoms with Crippen molar-refractivity contribution in [1.82, 2.24) is 10.2 Å². The Morgan fingerprint density at radius 1 is 0.900 bits per heavy atom. The molecule has 0 bridgehead atoms. The molecule has 4 aromatic rings. The summed E-state index contributed by atoms with van der Waals surface area (Å²) in [5, 5.41) is 16.1. The fourth-order valence-corrected chi connectivity index (χ4v) is 6.16. The molecule has 206 valence electrons. The molecule has 2 unspecified atom stereocenters. The molecule has 0 radical (unpaired) electrons. The average molecular weight is 535 g/mol. The van der Waals surface area contributed by atoms with Gasteiger partial charge in [-0.25, -0.2) is 0 Å². The topological polar surface area (TPSA) is 69.6 Å². The summed E-state index contributed by atoms with van der Waals surface area (Å²) in [5.41, 5.74) is 3.50. The van der Waals surface area contributed by atoms with Gasteiger partial charge in [0, 0.05) is 32.1 Å². The summed E-state index contributed by atoms with van der Waals surface area (Å²) in [6.07, 6.45) is 1.24. The van der Waals surface area contributed by atoms with Crippen molar-refractivity contribution < 1.29 is 14.7 Å². The monoisotopic (exact) mass is 534 g/mol. The standard InChI is InChI=1S/C35H38N2O3/c1-25(31-18-10-16-28-15-8-9-17-33(28)31)36-23-30-24-37(20-19-32(30)27-13-6-3-7-14-27)34(38)22-29(35(39)40)21-26-11-4-2-5-12-26/h2-18,25,29-30,32,36H,19-24H2,1H3,(H,39,40)/t25-,29-,30?,32?/m1/s1. The Morgan fingerprint density at radius 2 is 1.57 bits per heavy atom. The summed E-state index contributed by atoms with van der Waals surface area (Å²) in [6, 6.07) is 35.2. The highest BCUT2D eigenvalue weighted by molar-refractivity contribution is 5.86. The smallest absolute Gasteiger partial charge is 0.307 e. The van der Waals surface area contributed by atoms with Crippen molar-refractivity contribution in [3.8, 4) is 0 Å². The number of piperidine rings is 1. The average Bonchev–Trinajstić information content (AvgIpc) is 3.00. The maximum atomic E-state index is 13.4. The van der Waals surface area contributed by atoms with Crippen molar-refractivity contribution in [2.45, 2.75) is 38.1 Å². The highest BCUT2D eigenvalue weighted by atomic mass is 16.4. The van der Waals surface area contributed by atoms with Crippen LogP contribution in [0.5, 0.6) is 0 Å². The van der Waals surface area contributed by atoms with Gasteiger partial charge in [0.2, 0.25) is 5.91 Å². The first-order chi connectivity index (χ1) is 19.5. The molecular weight excluding hydrogens is 496 g/mol. The zero-order chi connectivity index (χ0) is 27.9. The number of carboxylic acid groups (broad SMARTS) is 1. The number of carbonyl (C=O) groups excluding carboxylic acids is 1. The van der Waals surface area contributed by atoms with Crippen molar-refractivity contribution >= 4 is 22.6 Å². The summed E-state index contributed by atoms with van der Waals surface area (Å²) in [7, 11) is 0. The Balaban J connectivity index is 1.29. The van der Waals surface area contributed by atoms with Crippen LogP contribution in [0.2, 0.25) is 0 Å². The van der Waals surface area contributed by atoms with E-state index in [-0.39, 0.29) is 24.3 Å². The van der Waals surface area contributed by atoms with Gasteiger partial charge in [0.25, 0.3) is 0 Å². The Labute approximate surface area is 236 Å². The van der Waals surface area contributed by atoms with Gasteiger partial charge in [0.1, 0.15) is 0 Å². The van der Waals surface area contributed by atoms with E-state index in [1.165, 1.54) is 21.9 Å². The van der Waals surface area contributed by atoms with E-state index in [4.69, 9.17) is 0 Å². The summed E-state index contributed by atoms with van der Waals surface area (Å²) >= 11 is 0. The Bertz CT molecular complexity index is 1420. The number of fused-ring (bicyclic) bond motifs is 1. The second-order valence-corrected chi connectivity index (χ2v) is 11.0. The van der Waals surface area contributed by atoms with Gasteiger partial charge in [-0.2, -0.15) is 0 Å². The van der Waals surface area contributed by atoms with Crippen molar-refractivity contribution in [2.24, 2.45) is 11.8 Å². The molecule has 5 heteroatoms. The maximum absolute atomic E-state index is 13.4. The molecule has 5 nitrogen and oxygen atoms in total. The molecule has 1 fully saturated rings. The van der Waals surface area contributed by atoms with E-state index >= 15 is 0 Å². The van der Waals surface area contributed by atoms with Crippen LogP contribution in [0.25, 0.3) is 10.8 Å². The molecule has 0 aromatic heterocycles. The second kappa shape index (κ2) is 12.9. The summed E-state index contributed by atoms with van der Waals surface area (Å²) in [6.45, 7) is 4.23. The molecule has 2 N–H and O–H groups in total. The number of nitrogens with one attached hydrogen (secondary N) is 1. The molecule has 40 heavy (non-hydrogen) atoms. The lowest BCUT2D eigenvalue weighted by molar-refractivity contribution is -0.146. The van der Waals surface area contributed by atoms with E-state index in [9.17, 15) is 14.7 Å². The minimum Gasteiger partial charge on any atom is -0.481 e. The maximum Gasteiger partial charge on any atom is 0.307 e. The summed E-state index contributed by atoms with van der Waals surface area (Å²) in [5.74, 6) is -1.17. The van der Waals surface area contributed by atoms with E-state index in [2.05, 4.69) is 79.0 Å². The van der Waals surface area contributed by atoms with Gasteiger partial charge in [-0.05, 0) is 59.1 Å². The number of hydrogen-bond donors (Lipinski definition) is 2. The number of amides is 1. The molecule has 1 aliphatic rings. The Morgan fingerprint density at radius 3 is 2.33 bits per heavy atom. The number of carbonyl (C=O) groups is 2. The Hall–Kier alpha value is -3.96. The fourth-order valence-electron chi connectivity index (χ4n) is 6.16. The number of likely N-dealkylation sites (tertiary alicyclic amines) is 1. The number of rotatable bonds is 10. The van der Waals surface area contributed by atoms with Gasteiger partial charge in [-0.1, -0.05) is 103 Å². The van der Waals surface area contributed by atoms with E-state index in [0.29, 0.717) is 25.4 Å². The SMILES string of the molecule is C[C@@H](NCC1CN(C(=O)C[C@@H](Cc2ccccc2)C(=O)O)CCC1c1ccccc1)c1cccc2ccccc12. The predicted octanol–water partition coefficient (Wildman–Crippen LogP) is 6.46. The molecule has 0 saturated carbocycles. The van der Waals surface area contributed by atoms with Crippen LogP contribution in [0.15, 0.2) is 103 Å². The van der Waals surface area contributed by atoms with Gasteiger partial charge < -0.3 is 15.3 Å². The van der Waals surface area contributed by atoms with E-state index in [1.54, 1.807) is 0 Å². The van der Waals surface area contributed by atoms with Crippen molar-refractivity contribution in [3.05, 3.63) is 120 Å². The first-order valence-electron chi connectivity index (χ1n) is 14.3. The molecule has 1 aliphatic heterocycles. The van der Waals surface area contributed by atoms with Crippen LogP contribution in [0.4, 0.5) is 0 Å². The molecule has 0 spiro atoms. The summed E-state index contributed by atoms with van der Waals surface area (Å²) in [4.78, 5) is 27.4. The summed E-state index contributed by atoms with van der Waals surface area (Å²) < 4.78 is 0. The number of hydrogen-bond acceptors (Lipinski definition) is 3. The van der Waals surface area contributed by atoms with Gasteiger partial charge in [-0.3, -0.25) is 9.59 Å². The lowest BCUT2D eigenvalue weighted by Gasteiger charge is -2.40. The van der Waals surface area contributed by atoms with Crippen LogP contribution in [0, 0.1) is 11.8 Å². The molecule has 5 rings (SSSR count). The molecule has 1 heterocycles. The molecule has 1 saturated heterocycles. The van der Waals surface area contributed by atoms with Crippen LogP contribution in [0.1, 0.15) is 48.4 Å². The van der Waals surface area contributed by atoms with Crippen LogP contribution >= 0.6 is 0 Å². The van der Waals surface area contributed by atoms with Crippen LogP contribution in [0.3, 0.4) is 0 Å². The van der Waals surface area contributed by atoms with E-state index in [0.717, 1.165) is 18.5 Å². The molecule has 4 atom stereocenters. The highest BCUT2D eigenvalue weighted by Gasteiger charge is 2.34. The van der Waals surface area contributed by atoms with Gasteiger partial charge in [-0.15, -0.1) is 0 Å². The Kier molecular flexibility index (Phi) is 8.92. The van der Waals surface area contributed by atoms with Crippen molar-refractivity contribution in [1.29, 1.82) is 0 Å². The predicted molar refractivity (Wildman–Crippen MR) is 160 cm³/mol. The van der Waals surface area contributed by atoms with Crippen molar-refractivity contribution in [2.75, 3.05) is 19.6 Å². The zero-order valence-corrected chi connectivity index (χ0v) is 23.1. The third-order valence-corrected chi connectivity index (χ3v) is 8.39. The number of benzene rings is 4. The van der Waals surface area contributed by atoms with E-state index < -0.39 is 11.9 Å². The lowest BCUT2D eigenvalue weighted by atomic mass is 9.80. The fraction of sp³-hybridized carbons (Fsp3) is 0.314. The third kappa shape index (κ3) is 6.60. The highest BCUT2D eigenvalue weighted by Crippen LogP contribution is 2.34. The van der Waals surface area contributed by atoms with Crippen LogP contribution in [-0.4, -0.2) is 41.5 Å². The molecule has 4 aromatic carbocycles. The molecular formula is C35H38N2O3. The van der Waals surface area contributed by atoms with Crippen LogP contribution < -0.4 is 5.32 Å². The first kappa shape index (κ1) is 27.6. The third-order valence-electron chi connectivity index (χ3n) is 8.39. The van der Waals surface area contributed by atoms with Gasteiger partial charge in [0.05, 0.1) is 5.92 Å². The van der Waals surface area contributed by atoms with Crippen molar-refractivity contribution in [3.63, 3.8) is 0 Å². The largest absolute Gasteiger partial charge is 0.481 e. The normalized spacial score (nSPS) is 18.8. The second-order valence-electron chi connectivity index (χ2n) is 11.0. The van der Waals surface area contributed by atoms with Gasteiger partial charge >= 0.3 is 5.97 Å². The minimum absolute atomic E-state index is 0.0206. The number of nitrogens with zero attached hydrogens (tertiary/aromatic N) is 1. The molecule has 1 amide bonds. The number of aliphatic carboxylic acids is 1. The first-order valence-corrected chi connectivity index (χ1v) is 14.3. The lowest BCUT2D eigenvalue weighted by Crippen LogP contribution is -2.47. The number of carboxylic acids is 1. The molecule has 0 aliphatic carbocycles. The zero-order valence-electron chi connectivity index (χ0n) is 23.1. The quantitative estimate of drug-likeness (QED) is 0.245. The van der Waals surface area contributed by atoms with Gasteiger partial charge in [0.15, 0.2) is 0 Å². The van der Waals surface area contributed by atoms with Crippen LogP contribution in [-0.2, 0) is 16.0 Å². The van der Waals surface area contributed by atoms with E-state index in [1.807, 2.05) is 41.3 Å². The minimum atomic E-state index is -0.918.